The van der Waals surface area contributed by atoms with Crippen molar-refractivity contribution in [2.45, 2.75) is 26.2 Å². The van der Waals surface area contributed by atoms with Crippen molar-refractivity contribution < 1.29 is 4.79 Å². The van der Waals surface area contributed by atoms with Crippen molar-refractivity contribution in [2.75, 3.05) is 6.54 Å². The summed E-state index contributed by atoms with van der Waals surface area (Å²) in [5.41, 5.74) is 2.32. The SMILES string of the molecule is CCCCCNC(=O)c1nnn(-c2ccccc2Cl)c1-c1ccncc1. The number of nitrogens with zero attached hydrogens (tertiary/aromatic N) is 4. The molecule has 26 heavy (non-hydrogen) atoms. The quantitative estimate of drug-likeness (QED) is 0.641. The lowest BCUT2D eigenvalue weighted by molar-refractivity contribution is 0.0948. The number of halogens is 1. The molecule has 0 fully saturated rings. The smallest absolute Gasteiger partial charge is 0.274 e. The van der Waals surface area contributed by atoms with Crippen LogP contribution < -0.4 is 5.32 Å². The molecule has 0 spiro atoms. The number of hydrogen-bond donors (Lipinski definition) is 1. The van der Waals surface area contributed by atoms with Crippen LogP contribution in [0.3, 0.4) is 0 Å². The summed E-state index contributed by atoms with van der Waals surface area (Å²) in [7, 11) is 0. The van der Waals surface area contributed by atoms with Crippen molar-refractivity contribution in [2.24, 2.45) is 0 Å². The summed E-state index contributed by atoms with van der Waals surface area (Å²) in [6, 6.07) is 11.0. The Hall–Kier alpha value is -2.73. The van der Waals surface area contributed by atoms with Gasteiger partial charge in [0.05, 0.1) is 10.7 Å². The number of nitrogens with one attached hydrogen (secondary N) is 1. The molecule has 134 valence electrons. The van der Waals surface area contributed by atoms with Gasteiger partial charge in [-0.1, -0.05) is 48.7 Å². The van der Waals surface area contributed by atoms with Crippen molar-refractivity contribution >= 4 is 17.5 Å². The van der Waals surface area contributed by atoms with E-state index < -0.39 is 0 Å². The predicted octanol–water partition coefficient (Wildman–Crippen LogP) is 3.90. The van der Waals surface area contributed by atoms with E-state index in [0.717, 1.165) is 24.8 Å². The van der Waals surface area contributed by atoms with Gasteiger partial charge in [-0.05, 0) is 30.7 Å². The third-order valence-corrected chi connectivity index (χ3v) is 4.31. The van der Waals surface area contributed by atoms with Gasteiger partial charge >= 0.3 is 0 Å². The molecule has 0 radical (unpaired) electrons. The Balaban J connectivity index is 2.01. The zero-order valence-electron chi connectivity index (χ0n) is 14.5. The van der Waals surface area contributed by atoms with E-state index in [4.69, 9.17) is 11.6 Å². The second-order valence-electron chi connectivity index (χ2n) is 5.85. The second-order valence-corrected chi connectivity index (χ2v) is 6.26. The highest BCUT2D eigenvalue weighted by atomic mass is 35.5. The van der Waals surface area contributed by atoms with E-state index in [-0.39, 0.29) is 11.6 Å². The fourth-order valence-corrected chi connectivity index (χ4v) is 2.87. The number of unbranched alkanes of at least 4 members (excludes halogenated alkanes) is 2. The minimum absolute atomic E-state index is 0.244. The summed E-state index contributed by atoms with van der Waals surface area (Å²) < 4.78 is 1.60. The number of hydrogen-bond acceptors (Lipinski definition) is 4. The Morgan fingerprint density at radius 2 is 1.92 bits per heavy atom. The molecule has 0 saturated heterocycles. The zero-order chi connectivity index (χ0) is 18.4. The van der Waals surface area contributed by atoms with Gasteiger partial charge in [-0.3, -0.25) is 9.78 Å². The molecule has 0 bridgehead atoms. The van der Waals surface area contributed by atoms with Crippen LogP contribution in [-0.2, 0) is 0 Å². The van der Waals surface area contributed by atoms with Crippen LogP contribution in [0.2, 0.25) is 5.02 Å². The van der Waals surface area contributed by atoms with Crippen molar-refractivity contribution in [3.63, 3.8) is 0 Å². The topological polar surface area (TPSA) is 72.7 Å². The predicted molar refractivity (Wildman–Crippen MR) is 101 cm³/mol. The fourth-order valence-electron chi connectivity index (χ4n) is 2.66. The van der Waals surface area contributed by atoms with E-state index in [1.807, 2.05) is 30.3 Å². The monoisotopic (exact) mass is 369 g/mol. The molecular weight excluding hydrogens is 350 g/mol. The molecule has 0 aliphatic carbocycles. The number of amides is 1. The van der Waals surface area contributed by atoms with Gasteiger partial charge in [0.2, 0.25) is 0 Å². The molecule has 2 heterocycles. The Morgan fingerprint density at radius 3 is 2.65 bits per heavy atom. The van der Waals surface area contributed by atoms with E-state index in [2.05, 4.69) is 27.5 Å². The molecule has 0 saturated carbocycles. The number of aromatic nitrogens is 4. The summed E-state index contributed by atoms with van der Waals surface area (Å²) in [4.78, 5) is 16.7. The van der Waals surface area contributed by atoms with Crippen LogP contribution in [0.4, 0.5) is 0 Å². The zero-order valence-corrected chi connectivity index (χ0v) is 15.3. The molecule has 3 rings (SSSR count). The highest BCUT2D eigenvalue weighted by molar-refractivity contribution is 6.32. The Labute approximate surface area is 157 Å². The van der Waals surface area contributed by atoms with Crippen LogP contribution in [0, 0.1) is 0 Å². The first-order valence-corrected chi connectivity index (χ1v) is 8.99. The second kappa shape index (κ2) is 8.58. The molecule has 1 N–H and O–H groups in total. The van der Waals surface area contributed by atoms with Gasteiger partial charge in [-0.2, -0.15) is 0 Å². The van der Waals surface area contributed by atoms with Crippen LogP contribution in [0.15, 0.2) is 48.8 Å². The average Bonchev–Trinajstić information content (AvgIpc) is 3.11. The minimum Gasteiger partial charge on any atom is -0.351 e. The van der Waals surface area contributed by atoms with Crippen LogP contribution in [0.5, 0.6) is 0 Å². The Bertz CT molecular complexity index is 879. The maximum absolute atomic E-state index is 12.7. The van der Waals surface area contributed by atoms with Gasteiger partial charge in [0.1, 0.15) is 5.69 Å². The third kappa shape index (κ3) is 3.91. The summed E-state index contributed by atoms with van der Waals surface area (Å²) in [6.07, 6.45) is 6.44. The molecule has 0 aliphatic rings. The van der Waals surface area contributed by atoms with E-state index >= 15 is 0 Å². The standard InChI is InChI=1S/C19H20ClN5O/c1-2-3-6-11-22-19(26)17-18(14-9-12-21-13-10-14)25(24-23-17)16-8-5-4-7-15(16)20/h4-5,7-10,12-13H,2-3,6,11H2,1H3,(H,22,26). The molecular formula is C19H20ClN5O. The molecule has 1 aromatic carbocycles. The van der Waals surface area contributed by atoms with Gasteiger partial charge in [0.25, 0.3) is 5.91 Å². The molecule has 3 aromatic rings. The van der Waals surface area contributed by atoms with Gasteiger partial charge in [-0.25, -0.2) is 4.68 Å². The fraction of sp³-hybridized carbons (Fsp3) is 0.263. The van der Waals surface area contributed by atoms with Crippen LogP contribution in [0.25, 0.3) is 16.9 Å². The number of carbonyl (C=O) groups excluding carboxylic acids is 1. The number of para-hydroxylation sites is 1. The lowest BCUT2D eigenvalue weighted by Gasteiger charge is -2.10. The highest BCUT2D eigenvalue weighted by Gasteiger charge is 2.22. The van der Waals surface area contributed by atoms with Crippen LogP contribution in [0.1, 0.15) is 36.7 Å². The van der Waals surface area contributed by atoms with E-state index in [1.54, 1.807) is 23.1 Å². The summed E-state index contributed by atoms with van der Waals surface area (Å²) in [5.74, 6) is -0.244. The highest BCUT2D eigenvalue weighted by Crippen LogP contribution is 2.28. The van der Waals surface area contributed by atoms with E-state index in [0.29, 0.717) is 22.9 Å². The van der Waals surface area contributed by atoms with Gasteiger partial charge in [0, 0.05) is 24.5 Å². The van der Waals surface area contributed by atoms with E-state index in [9.17, 15) is 4.79 Å². The maximum Gasteiger partial charge on any atom is 0.274 e. The van der Waals surface area contributed by atoms with Crippen LogP contribution >= 0.6 is 11.6 Å². The first-order chi connectivity index (χ1) is 12.7. The first-order valence-electron chi connectivity index (χ1n) is 8.61. The summed E-state index contributed by atoms with van der Waals surface area (Å²) in [6.45, 7) is 2.74. The van der Waals surface area contributed by atoms with Crippen LogP contribution in [-0.4, -0.2) is 32.4 Å². The number of benzene rings is 1. The van der Waals surface area contributed by atoms with Crippen molar-refractivity contribution in [1.82, 2.24) is 25.3 Å². The molecule has 0 unspecified atom stereocenters. The van der Waals surface area contributed by atoms with Gasteiger partial charge in [-0.15, -0.1) is 5.10 Å². The van der Waals surface area contributed by atoms with Crippen molar-refractivity contribution in [1.29, 1.82) is 0 Å². The largest absolute Gasteiger partial charge is 0.351 e. The molecule has 0 aliphatic heterocycles. The van der Waals surface area contributed by atoms with Crippen molar-refractivity contribution in [3.8, 4) is 16.9 Å². The Kier molecular flexibility index (Phi) is 5.96. The molecule has 1 amide bonds. The Morgan fingerprint density at radius 1 is 1.15 bits per heavy atom. The van der Waals surface area contributed by atoms with E-state index in [1.165, 1.54) is 0 Å². The van der Waals surface area contributed by atoms with Crippen molar-refractivity contribution in [3.05, 3.63) is 59.5 Å². The summed E-state index contributed by atoms with van der Waals surface area (Å²) >= 11 is 6.32. The molecule has 7 heteroatoms. The molecule has 0 atom stereocenters. The van der Waals surface area contributed by atoms with Gasteiger partial charge < -0.3 is 5.32 Å². The lowest BCUT2D eigenvalue weighted by Crippen LogP contribution is -2.25. The van der Waals surface area contributed by atoms with Gasteiger partial charge in [0.15, 0.2) is 5.69 Å². The molecule has 2 aromatic heterocycles. The average molecular weight is 370 g/mol. The number of pyridine rings is 1. The number of carbonyl (C=O) groups is 1. The maximum atomic E-state index is 12.7. The number of rotatable bonds is 7. The lowest BCUT2D eigenvalue weighted by atomic mass is 10.1. The first kappa shape index (κ1) is 18.1. The molecule has 6 nitrogen and oxygen atoms in total. The normalized spacial score (nSPS) is 10.7. The third-order valence-electron chi connectivity index (χ3n) is 3.99. The summed E-state index contributed by atoms with van der Waals surface area (Å²) in [5, 5.41) is 11.8. The minimum atomic E-state index is -0.244.